The average molecular weight is 277 g/mol. The molecule has 3 rings (SSSR count). The van der Waals surface area contributed by atoms with Gasteiger partial charge in [-0.1, -0.05) is 11.6 Å². The molecule has 0 atom stereocenters. The summed E-state index contributed by atoms with van der Waals surface area (Å²) < 4.78 is 0.771. The highest BCUT2D eigenvalue weighted by atomic mass is 35.5. The Morgan fingerprint density at radius 3 is 2.67 bits per heavy atom. The molecule has 0 unspecified atom stereocenters. The SMILES string of the molecule is Nc1nccc(-c2ccc(-c3ccc(Cl)s3)[nH]2)n1. The second kappa shape index (κ2) is 4.44. The van der Waals surface area contributed by atoms with Crippen LogP contribution in [0.4, 0.5) is 5.95 Å². The molecule has 0 bridgehead atoms. The fraction of sp³-hybridized carbons (Fsp3) is 0. The van der Waals surface area contributed by atoms with Crippen molar-refractivity contribution >= 4 is 28.9 Å². The van der Waals surface area contributed by atoms with Crippen LogP contribution < -0.4 is 5.73 Å². The molecule has 90 valence electrons. The number of hydrogen-bond acceptors (Lipinski definition) is 4. The average Bonchev–Trinajstić information content (AvgIpc) is 2.97. The van der Waals surface area contributed by atoms with E-state index < -0.39 is 0 Å². The van der Waals surface area contributed by atoms with Gasteiger partial charge in [0.2, 0.25) is 5.95 Å². The quantitative estimate of drug-likeness (QED) is 0.753. The van der Waals surface area contributed by atoms with Gasteiger partial charge in [0.25, 0.3) is 0 Å². The number of H-pyrrole nitrogens is 1. The monoisotopic (exact) mass is 276 g/mol. The zero-order valence-corrected chi connectivity index (χ0v) is 10.8. The number of thiophene rings is 1. The molecule has 0 aliphatic rings. The number of anilines is 1. The Labute approximate surface area is 112 Å². The van der Waals surface area contributed by atoms with Crippen LogP contribution in [0.3, 0.4) is 0 Å². The van der Waals surface area contributed by atoms with Gasteiger partial charge in [0.15, 0.2) is 0 Å². The molecule has 4 nitrogen and oxygen atoms in total. The molecule has 0 aromatic carbocycles. The van der Waals surface area contributed by atoms with Crippen molar-refractivity contribution in [1.82, 2.24) is 15.0 Å². The Kier molecular flexibility index (Phi) is 2.77. The first-order valence-electron chi connectivity index (χ1n) is 5.26. The van der Waals surface area contributed by atoms with Crippen LogP contribution in [0, 0.1) is 0 Å². The van der Waals surface area contributed by atoms with Gasteiger partial charge in [0, 0.05) is 6.20 Å². The molecule has 6 heteroatoms. The van der Waals surface area contributed by atoms with E-state index in [-0.39, 0.29) is 5.95 Å². The number of rotatable bonds is 2. The van der Waals surface area contributed by atoms with E-state index in [4.69, 9.17) is 17.3 Å². The van der Waals surface area contributed by atoms with E-state index in [9.17, 15) is 0 Å². The van der Waals surface area contributed by atoms with Crippen molar-refractivity contribution in [2.75, 3.05) is 5.73 Å². The van der Waals surface area contributed by atoms with Gasteiger partial charge in [-0.15, -0.1) is 11.3 Å². The van der Waals surface area contributed by atoms with Crippen LogP contribution in [0.5, 0.6) is 0 Å². The zero-order chi connectivity index (χ0) is 12.5. The van der Waals surface area contributed by atoms with Crippen LogP contribution in [0.1, 0.15) is 0 Å². The minimum absolute atomic E-state index is 0.266. The summed E-state index contributed by atoms with van der Waals surface area (Å²) in [5.74, 6) is 0.266. The van der Waals surface area contributed by atoms with Crippen molar-refractivity contribution in [3.05, 3.63) is 40.9 Å². The molecular weight excluding hydrogens is 268 g/mol. The first-order valence-corrected chi connectivity index (χ1v) is 6.45. The van der Waals surface area contributed by atoms with E-state index in [1.54, 1.807) is 6.20 Å². The molecular formula is C12H9ClN4S. The number of nitrogens with two attached hydrogens (primary N) is 1. The lowest BCUT2D eigenvalue weighted by molar-refractivity contribution is 1.18. The molecule has 0 aliphatic heterocycles. The molecule has 18 heavy (non-hydrogen) atoms. The van der Waals surface area contributed by atoms with E-state index in [0.717, 1.165) is 26.3 Å². The number of nitrogens with zero attached hydrogens (tertiary/aromatic N) is 2. The number of aromatic nitrogens is 3. The normalized spacial score (nSPS) is 10.7. The van der Waals surface area contributed by atoms with Crippen LogP contribution in [0.2, 0.25) is 4.34 Å². The fourth-order valence-electron chi connectivity index (χ4n) is 1.67. The van der Waals surface area contributed by atoms with Gasteiger partial charge in [-0.3, -0.25) is 0 Å². The minimum atomic E-state index is 0.266. The summed E-state index contributed by atoms with van der Waals surface area (Å²) in [5, 5.41) is 0. The maximum atomic E-state index is 5.92. The molecule has 3 N–H and O–H groups in total. The number of aromatic amines is 1. The van der Waals surface area contributed by atoms with Crippen LogP contribution >= 0.6 is 22.9 Å². The molecule has 0 spiro atoms. The van der Waals surface area contributed by atoms with Crippen molar-refractivity contribution in [3.8, 4) is 22.0 Å². The van der Waals surface area contributed by atoms with Crippen molar-refractivity contribution in [3.63, 3.8) is 0 Å². The Morgan fingerprint density at radius 1 is 1.11 bits per heavy atom. The predicted octanol–water partition coefficient (Wildman–Crippen LogP) is 3.44. The number of nitrogens with one attached hydrogen (secondary N) is 1. The smallest absolute Gasteiger partial charge is 0.220 e. The highest BCUT2D eigenvalue weighted by Gasteiger charge is 2.07. The highest BCUT2D eigenvalue weighted by Crippen LogP contribution is 2.31. The second-order valence-corrected chi connectivity index (χ2v) is 5.40. The third-order valence-corrected chi connectivity index (χ3v) is 3.74. The maximum Gasteiger partial charge on any atom is 0.220 e. The van der Waals surface area contributed by atoms with Gasteiger partial charge in [-0.2, -0.15) is 0 Å². The number of hydrogen-bond donors (Lipinski definition) is 2. The summed E-state index contributed by atoms with van der Waals surface area (Å²) in [4.78, 5) is 12.4. The first kappa shape index (κ1) is 11.3. The standard InChI is InChI=1S/C12H9ClN4S/c13-11-4-3-10(18-11)9-2-1-7(16-9)8-5-6-15-12(14)17-8/h1-6,16H,(H2,14,15,17). The van der Waals surface area contributed by atoms with E-state index in [1.165, 1.54) is 11.3 Å². The van der Waals surface area contributed by atoms with Crippen molar-refractivity contribution in [1.29, 1.82) is 0 Å². The molecule has 0 saturated heterocycles. The van der Waals surface area contributed by atoms with Crippen LogP contribution in [0.15, 0.2) is 36.5 Å². The Hall–Kier alpha value is -1.85. The molecule has 0 radical (unpaired) electrons. The van der Waals surface area contributed by atoms with Gasteiger partial charge in [-0.05, 0) is 30.3 Å². The third-order valence-electron chi connectivity index (χ3n) is 2.47. The molecule has 0 aliphatic carbocycles. The molecule has 0 saturated carbocycles. The lowest BCUT2D eigenvalue weighted by Gasteiger charge is -1.98. The number of nitrogen functional groups attached to an aromatic ring is 1. The summed E-state index contributed by atoms with van der Waals surface area (Å²) in [6.07, 6.45) is 1.64. The summed E-state index contributed by atoms with van der Waals surface area (Å²) in [6.45, 7) is 0. The van der Waals surface area contributed by atoms with Crippen molar-refractivity contribution in [2.45, 2.75) is 0 Å². The second-order valence-electron chi connectivity index (χ2n) is 3.69. The van der Waals surface area contributed by atoms with Gasteiger partial charge in [0.05, 0.1) is 26.3 Å². The number of halogens is 1. The molecule has 3 aromatic rings. The summed E-state index contributed by atoms with van der Waals surface area (Å²) in [7, 11) is 0. The largest absolute Gasteiger partial charge is 0.368 e. The topological polar surface area (TPSA) is 67.6 Å². The maximum absolute atomic E-state index is 5.92. The third kappa shape index (κ3) is 2.10. The molecule has 0 amide bonds. The van der Waals surface area contributed by atoms with Crippen molar-refractivity contribution in [2.24, 2.45) is 0 Å². The summed E-state index contributed by atoms with van der Waals surface area (Å²) in [5.41, 5.74) is 8.26. The minimum Gasteiger partial charge on any atom is -0.368 e. The van der Waals surface area contributed by atoms with Gasteiger partial charge in [0.1, 0.15) is 0 Å². The Bertz CT molecular complexity index is 689. The van der Waals surface area contributed by atoms with Gasteiger partial charge in [-0.25, -0.2) is 9.97 Å². The van der Waals surface area contributed by atoms with E-state index >= 15 is 0 Å². The van der Waals surface area contributed by atoms with Crippen molar-refractivity contribution < 1.29 is 0 Å². The van der Waals surface area contributed by atoms with E-state index in [2.05, 4.69) is 15.0 Å². The fourth-order valence-corrected chi connectivity index (χ4v) is 2.69. The van der Waals surface area contributed by atoms with Crippen LogP contribution in [-0.2, 0) is 0 Å². The van der Waals surface area contributed by atoms with Crippen LogP contribution in [-0.4, -0.2) is 15.0 Å². The molecule has 3 aromatic heterocycles. The molecule has 3 heterocycles. The van der Waals surface area contributed by atoms with Gasteiger partial charge >= 0.3 is 0 Å². The Morgan fingerprint density at radius 2 is 1.94 bits per heavy atom. The summed E-state index contributed by atoms with van der Waals surface area (Å²) >= 11 is 7.45. The highest BCUT2D eigenvalue weighted by molar-refractivity contribution is 7.19. The lowest BCUT2D eigenvalue weighted by Crippen LogP contribution is -1.95. The zero-order valence-electron chi connectivity index (χ0n) is 9.22. The van der Waals surface area contributed by atoms with E-state index in [0.29, 0.717) is 0 Å². The summed E-state index contributed by atoms with van der Waals surface area (Å²) in [6, 6.07) is 9.63. The Balaban J connectivity index is 1.99. The lowest BCUT2D eigenvalue weighted by atomic mass is 10.3. The first-order chi connectivity index (χ1) is 8.72. The van der Waals surface area contributed by atoms with E-state index in [1.807, 2.05) is 30.3 Å². The predicted molar refractivity (Wildman–Crippen MR) is 74.6 cm³/mol. The van der Waals surface area contributed by atoms with Gasteiger partial charge < -0.3 is 10.7 Å². The molecule has 0 fully saturated rings. The van der Waals surface area contributed by atoms with Crippen LogP contribution in [0.25, 0.3) is 22.0 Å².